The summed E-state index contributed by atoms with van der Waals surface area (Å²) in [6, 6.07) is 11.7. The van der Waals surface area contributed by atoms with Gasteiger partial charge >= 0.3 is 11.9 Å². The van der Waals surface area contributed by atoms with Crippen LogP contribution in [0.2, 0.25) is 0 Å². The van der Waals surface area contributed by atoms with E-state index < -0.39 is 29.4 Å². The highest BCUT2D eigenvalue weighted by atomic mass is 32.1. The summed E-state index contributed by atoms with van der Waals surface area (Å²) in [7, 11) is 2.54. The van der Waals surface area contributed by atoms with Gasteiger partial charge in [-0.15, -0.1) is 0 Å². The van der Waals surface area contributed by atoms with Crippen molar-refractivity contribution >= 4 is 29.4 Å². The molecule has 1 atom stereocenters. The number of aromatic nitrogens is 1. The molecule has 0 saturated carbocycles. The van der Waals surface area contributed by atoms with E-state index in [9.17, 15) is 18.8 Å². The number of fused-ring (bicyclic) bond motifs is 1. The average molecular weight is 466 g/mol. The zero-order chi connectivity index (χ0) is 23.7. The van der Waals surface area contributed by atoms with Crippen LogP contribution >= 0.6 is 11.3 Å². The maximum Gasteiger partial charge on any atom is 0.338 e. The topological polar surface area (TPSA) is 87.0 Å². The fraction of sp³-hybridized carbons (Fsp3) is 0.167. The second kappa shape index (κ2) is 8.95. The molecular weight excluding hydrogens is 447 g/mol. The predicted molar refractivity (Wildman–Crippen MR) is 120 cm³/mol. The van der Waals surface area contributed by atoms with Crippen molar-refractivity contribution in [2.75, 3.05) is 14.2 Å². The van der Waals surface area contributed by atoms with Gasteiger partial charge in [0.05, 0.1) is 41.6 Å². The van der Waals surface area contributed by atoms with Crippen molar-refractivity contribution in [2.45, 2.75) is 13.0 Å². The molecule has 1 aliphatic heterocycles. The average Bonchev–Trinajstić information content (AvgIpc) is 3.13. The number of halogens is 1. The van der Waals surface area contributed by atoms with Crippen LogP contribution in [0, 0.1) is 5.82 Å². The Bertz CT molecular complexity index is 1470. The van der Waals surface area contributed by atoms with Gasteiger partial charge in [0.15, 0.2) is 4.80 Å². The van der Waals surface area contributed by atoms with Gasteiger partial charge in [-0.1, -0.05) is 41.7 Å². The maximum atomic E-state index is 14.2. The van der Waals surface area contributed by atoms with Gasteiger partial charge in [-0.3, -0.25) is 9.36 Å². The van der Waals surface area contributed by atoms with Gasteiger partial charge in [0, 0.05) is 5.56 Å². The van der Waals surface area contributed by atoms with Crippen molar-refractivity contribution in [3.63, 3.8) is 0 Å². The molecule has 0 spiro atoms. The molecule has 9 heteroatoms. The number of rotatable bonds is 4. The molecule has 1 aliphatic rings. The summed E-state index contributed by atoms with van der Waals surface area (Å²) < 4.78 is 25.5. The highest BCUT2D eigenvalue weighted by Gasteiger charge is 2.33. The molecule has 0 radical (unpaired) electrons. The number of hydrogen-bond donors (Lipinski definition) is 0. The number of nitrogens with zero attached hydrogens (tertiary/aromatic N) is 2. The number of benzene rings is 2. The monoisotopic (exact) mass is 466 g/mol. The summed E-state index contributed by atoms with van der Waals surface area (Å²) in [6.07, 6.45) is 1.47. The van der Waals surface area contributed by atoms with Gasteiger partial charge in [-0.2, -0.15) is 0 Å². The van der Waals surface area contributed by atoms with Crippen molar-refractivity contribution < 1.29 is 23.5 Å². The standard InChI is InChI=1S/C24H19FN2O5S/c1-13-19(23(30)32-3)20(14-8-10-15(11-9-14)22(29)31-2)27-21(28)18(33-24(27)26-13)12-16-6-4-5-7-17(16)25/h4-12,20H,1-3H3. The highest BCUT2D eigenvalue weighted by molar-refractivity contribution is 7.07. The van der Waals surface area contributed by atoms with E-state index in [-0.39, 0.29) is 15.7 Å². The summed E-state index contributed by atoms with van der Waals surface area (Å²) in [4.78, 5) is 42.7. The Hall–Kier alpha value is -3.85. The van der Waals surface area contributed by atoms with Crippen molar-refractivity contribution in [3.8, 4) is 0 Å². The molecule has 7 nitrogen and oxygen atoms in total. The Morgan fingerprint density at radius 1 is 1.06 bits per heavy atom. The summed E-state index contributed by atoms with van der Waals surface area (Å²) in [5.41, 5.74) is 1.36. The second-order valence-corrected chi connectivity index (χ2v) is 8.22. The van der Waals surface area contributed by atoms with Crippen molar-refractivity contribution in [1.82, 2.24) is 4.57 Å². The summed E-state index contributed by atoms with van der Waals surface area (Å²) in [5, 5.41) is 0. The molecule has 2 aromatic carbocycles. The number of methoxy groups -OCH3 is 2. The Morgan fingerprint density at radius 3 is 2.36 bits per heavy atom. The van der Waals surface area contributed by atoms with Crippen molar-refractivity contribution in [1.29, 1.82) is 0 Å². The van der Waals surface area contributed by atoms with E-state index in [1.54, 1.807) is 49.4 Å². The van der Waals surface area contributed by atoms with E-state index >= 15 is 0 Å². The Morgan fingerprint density at radius 2 is 1.73 bits per heavy atom. The lowest BCUT2D eigenvalue weighted by Crippen LogP contribution is -2.39. The molecule has 0 N–H and O–H groups in total. The molecule has 4 rings (SSSR count). The van der Waals surface area contributed by atoms with Gasteiger partial charge in [0.2, 0.25) is 0 Å². The van der Waals surface area contributed by atoms with Crippen LogP contribution in [0.4, 0.5) is 4.39 Å². The fourth-order valence-corrected chi connectivity index (χ4v) is 4.70. The smallest absolute Gasteiger partial charge is 0.338 e. The van der Waals surface area contributed by atoms with E-state index in [4.69, 9.17) is 9.47 Å². The van der Waals surface area contributed by atoms with Gasteiger partial charge < -0.3 is 9.47 Å². The first-order valence-corrected chi connectivity index (χ1v) is 10.7. The van der Waals surface area contributed by atoms with Gasteiger partial charge in [-0.25, -0.2) is 19.0 Å². The van der Waals surface area contributed by atoms with Gasteiger partial charge in [0.25, 0.3) is 5.56 Å². The van der Waals surface area contributed by atoms with E-state index in [1.165, 1.54) is 30.9 Å². The lowest BCUT2D eigenvalue weighted by atomic mass is 9.95. The molecule has 0 saturated heterocycles. The minimum absolute atomic E-state index is 0.202. The van der Waals surface area contributed by atoms with Crippen LogP contribution in [0.25, 0.3) is 6.08 Å². The molecule has 2 heterocycles. The minimum atomic E-state index is -0.830. The highest BCUT2D eigenvalue weighted by Crippen LogP contribution is 2.30. The molecule has 1 unspecified atom stereocenters. The molecule has 1 aromatic heterocycles. The molecule has 0 bridgehead atoms. The summed E-state index contributed by atoms with van der Waals surface area (Å²) in [6.45, 7) is 1.66. The van der Waals surface area contributed by atoms with E-state index in [1.807, 2.05) is 0 Å². The lowest BCUT2D eigenvalue weighted by Gasteiger charge is -2.24. The molecule has 0 amide bonds. The van der Waals surface area contributed by atoms with Gasteiger partial charge in [-0.05, 0) is 36.8 Å². The third kappa shape index (κ3) is 4.03. The predicted octanol–water partition coefficient (Wildman–Crippen LogP) is 2.33. The first-order valence-electron chi connectivity index (χ1n) is 9.89. The van der Waals surface area contributed by atoms with Gasteiger partial charge in [0.1, 0.15) is 5.82 Å². The Labute approximate surface area is 191 Å². The van der Waals surface area contributed by atoms with Crippen molar-refractivity contribution in [3.05, 3.63) is 102 Å². The number of hydrogen-bond acceptors (Lipinski definition) is 7. The number of allylic oxidation sites excluding steroid dienone is 1. The number of esters is 2. The number of carbonyl (C=O) groups is 2. The number of ether oxygens (including phenoxy) is 2. The van der Waals surface area contributed by atoms with Crippen LogP contribution in [0.1, 0.15) is 34.5 Å². The quantitative estimate of drug-likeness (QED) is 0.551. The third-order valence-electron chi connectivity index (χ3n) is 5.27. The summed E-state index contributed by atoms with van der Waals surface area (Å²) in [5.74, 6) is -1.58. The number of carbonyl (C=O) groups excluding carboxylic acids is 2. The fourth-order valence-electron chi connectivity index (χ4n) is 3.66. The zero-order valence-electron chi connectivity index (χ0n) is 18.0. The normalized spacial score (nSPS) is 15.6. The first kappa shape index (κ1) is 22.3. The van der Waals surface area contributed by atoms with Crippen LogP contribution in [0.15, 0.2) is 69.6 Å². The summed E-state index contributed by atoms with van der Waals surface area (Å²) >= 11 is 1.10. The van der Waals surface area contributed by atoms with Crippen molar-refractivity contribution in [2.24, 2.45) is 4.99 Å². The Balaban J connectivity index is 1.95. The molecule has 3 aromatic rings. The van der Waals surface area contributed by atoms with E-state index in [2.05, 4.69) is 4.99 Å². The number of thiazole rings is 1. The molecular formula is C24H19FN2O5S. The molecule has 168 valence electrons. The second-order valence-electron chi connectivity index (χ2n) is 7.21. The zero-order valence-corrected chi connectivity index (χ0v) is 18.8. The van der Waals surface area contributed by atoms with E-state index in [0.29, 0.717) is 21.6 Å². The SMILES string of the molecule is COC(=O)C1=C(C)N=c2sc(=Cc3ccccc3F)c(=O)n2C1c1ccc(C(=O)OC)cc1. The van der Waals surface area contributed by atoms with Crippen LogP contribution in [-0.2, 0) is 14.3 Å². The maximum absolute atomic E-state index is 14.2. The molecule has 0 fully saturated rings. The van der Waals surface area contributed by atoms with E-state index in [0.717, 1.165) is 11.3 Å². The third-order valence-corrected chi connectivity index (χ3v) is 6.25. The largest absolute Gasteiger partial charge is 0.466 e. The Kier molecular flexibility index (Phi) is 6.06. The first-order chi connectivity index (χ1) is 15.8. The lowest BCUT2D eigenvalue weighted by molar-refractivity contribution is -0.136. The van der Waals surface area contributed by atoms with Crippen LogP contribution < -0.4 is 14.9 Å². The van der Waals surface area contributed by atoms with Crippen LogP contribution in [0.3, 0.4) is 0 Å². The molecule has 33 heavy (non-hydrogen) atoms. The van der Waals surface area contributed by atoms with Crippen LogP contribution in [0.5, 0.6) is 0 Å². The molecule has 0 aliphatic carbocycles. The van der Waals surface area contributed by atoms with Crippen LogP contribution in [-0.4, -0.2) is 30.7 Å². The minimum Gasteiger partial charge on any atom is -0.466 e.